The van der Waals surface area contributed by atoms with Gasteiger partial charge in [0.05, 0.1) is 0 Å². The minimum atomic E-state index is 1.20. The van der Waals surface area contributed by atoms with Gasteiger partial charge >= 0.3 is 0 Å². The van der Waals surface area contributed by atoms with Gasteiger partial charge in [-0.15, -0.1) is 0 Å². The predicted molar refractivity (Wildman–Crippen MR) is 72.5 cm³/mol. The van der Waals surface area contributed by atoms with E-state index in [9.17, 15) is 0 Å². The lowest BCUT2D eigenvalue weighted by Crippen LogP contribution is -2.29. The van der Waals surface area contributed by atoms with Crippen molar-refractivity contribution in [1.82, 2.24) is 4.98 Å². The number of nitrogens with zero attached hydrogens (tertiary/aromatic N) is 2. The van der Waals surface area contributed by atoms with Crippen LogP contribution in [0.1, 0.15) is 24.8 Å². The van der Waals surface area contributed by atoms with Gasteiger partial charge < -0.3 is 4.90 Å². The van der Waals surface area contributed by atoms with Gasteiger partial charge in [-0.1, -0.05) is 0 Å². The number of benzene rings is 1. The van der Waals surface area contributed by atoms with Crippen molar-refractivity contribution in [3.05, 3.63) is 36.2 Å². The van der Waals surface area contributed by atoms with Crippen molar-refractivity contribution in [2.24, 2.45) is 0 Å². The Labute approximate surface area is 102 Å². The fraction of sp³-hybridized carbons (Fsp3) is 0.400. The molecule has 1 aromatic heterocycles. The molecule has 88 valence electrons. The molecule has 0 radical (unpaired) electrons. The lowest BCUT2D eigenvalue weighted by atomic mass is 10.0. The third-order valence-corrected chi connectivity index (χ3v) is 3.65. The highest BCUT2D eigenvalue weighted by Crippen LogP contribution is 2.28. The Hall–Kier alpha value is -1.57. The predicted octanol–water partition coefficient (Wildman–Crippen LogP) is 3.53. The van der Waals surface area contributed by atoms with Crippen LogP contribution in [0.15, 0.2) is 30.6 Å². The Kier molecular flexibility index (Phi) is 2.71. The minimum absolute atomic E-state index is 1.20. The van der Waals surface area contributed by atoms with Crippen LogP contribution in [0.25, 0.3) is 10.8 Å². The number of rotatable bonds is 1. The molecule has 1 saturated heterocycles. The monoisotopic (exact) mass is 226 g/mol. The number of anilines is 1. The zero-order valence-electron chi connectivity index (χ0n) is 10.3. The van der Waals surface area contributed by atoms with Gasteiger partial charge in [0, 0.05) is 36.6 Å². The molecule has 0 N–H and O–H groups in total. The molecule has 2 nitrogen and oxygen atoms in total. The molecule has 2 aromatic rings. The van der Waals surface area contributed by atoms with Crippen LogP contribution < -0.4 is 4.90 Å². The molecular formula is C15H18N2. The zero-order valence-corrected chi connectivity index (χ0v) is 10.3. The zero-order chi connectivity index (χ0) is 11.7. The molecule has 1 fully saturated rings. The van der Waals surface area contributed by atoms with E-state index >= 15 is 0 Å². The summed E-state index contributed by atoms with van der Waals surface area (Å²) in [5.74, 6) is 0. The third-order valence-electron chi connectivity index (χ3n) is 3.65. The van der Waals surface area contributed by atoms with Gasteiger partial charge in [-0.05, 0) is 55.3 Å². The summed E-state index contributed by atoms with van der Waals surface area (Å²) < 4.78 is 0. The highest BCUT2D eigenvalue weighted by Gasteiger charge is 2.13. The number of fused-ring (bicyclic) bond motifs is 1. The largest absolute Gasteiger partial charge is 0.371 e. The van der Waals surface area contributed by atoms with Crippen molar-refractivity contribution in [3.8, 4) is 0 Å². The summed E-state index contributed by atoms with van der Waals surface area (Å²) in [6, 6.07) is 6.66. The molecule has 0 aliphatic carbocycles. The SMILES string of the molecule is Cc1cc2ccncc2cc1N1CCCCC1. The van der Waals surface area contributed by atoms with E-state index in [0.29, 0.717) is 0 Å². The summed E-state index contributed by atoms with van der Waals surface area (Å²) in [7, 11) is 0. The number of aryl methyl sites for hydroxylation is 1. The molecule has 2 heteroatoms. The third kappa shape index (κ3) is 1.99. The molecule has 1 aliphatic rings. The van der Waals surface area contributed by atoms with Crippen molar-refractivity contribution < 1.29 is 0 Å². The number of hydrogen-bond acceptors (Lipinski definition) is 2. The maximum atomic E-state index is 4.21. The van der Waals surface area contributed by atoms with Gasteiger partial charge in [-0.2, -0.15) is 0 Å². The number of piperidine rings is 1. The second kappa shape index (κ2) is 4.36. The second-order valence-electron chi connectivity index (χ2n) is 4.91. The average molecular weight is 226 g/mol. The van der Waals surface area contributed by atoms with E-state index in [1.165, 1.54) is 54.4 Å². The standard InChI is InChI=1S/C15H18N2/c1-12-9-13-5-6-16-11-14(13)10-15(12)17-7-3-2-4-8-17/h5-6,9-11H,2-4,7-8H2,1H3. The summed E-state index contributed by atoms with van der Waals surface area (Å²) in [5.41, 5.74) is 2.77. The molecule has 1 aliphatic heterocycles. The van der Waals surface area contributed by atoms with Crippen LogP contribution in [0, 0.1) is 6.92 Å². The average Bonchev–Trinajstić information content (AvgIpc) is 2.39. The van der Waals surface area contributed by atoms with Crippen molar-refractivity contribution in [2.45, 2.75) is 26.2 Å². The van der Waals surface area contributed by atoms with Crippen LogP contribution in [-0.2, 0) is 0 Å². The molecule has 0 atom stereocenters. The van der Waals surface area contributed by atoms with Gasteiger partial charge in [-0.3, -0.25) is 4.98 Å². The Morgan fingerprint density at radius 3 is 2.71 bits per heavy atom. The minimum Gasteiger partial charge on any atom is -0.371 e. The molecule has 0 amide bonds. The summed E-state index contributed by atoms with van der Waals surface area (Å²) >= 11 is 0. The van der Waals surface area contributed by atoms with Crippen molar-refractivity contribution in [1.29, 1.82) is 0 Å². The van der Waals surface area contributed by atoms with Gasteiger partial charge in [-0.25, -0.2) is 0 Å². The normalized spacial score (nSPS) is 16.4. The topological polar surface area (TPSA) is 16.1 Å². The lowest BCUT2D eigenvalue weighted by molar-refractivity contribution is 0.577. The fourth-order valence-corrected chi connectivity index (χ4v) is 2.71. The Balaban J connectivity index is 2.06. The van der Waals surface area contributed by atoms with Gasteiger partial charge in [0.15, 0.2) is 0 Å². The summed E-state index contributed by atoms with van der Waals surface area (Å²) in [4.78, 5) is 6.73. The van der Waals surface area contributed by atoms with Crippen molar-refractivity contribution in [2.75, 3.05) is 18.0 Å². The van der Waals surface area contributed by atoms with Crippen LogP contribution in [-0.4, -0.2) is 18.1 Å². The Morgan fingerprint density at radius 1 is 1.06 bits per heavy atom. The van der Waals surface area contributed by atoms with Crippen LogP contribution in [0.2, 0.25) is 0 Å². The lowest BCUT2D eigenvalue weighted by Gasteiger charge is -2.30. The van der Waals surface area contributed by atoms with E-state index in [-0.39, 0.29) is 0 Å². The first kappa shape index (κ1) is 10.6. The molecule has 0 spiro atoms. The van der Waals surface area contributed by atoms with E-state index in [0.717, 1.165) is 0 Å². The van der Waals surface area contributed by atoms with Crippen molar-refractivity contribution >= 4 is 16.5 Å². The van der Waals surface area contributed by atoms with Crippen LogP contribution >= 0.6 is 0 Å². The Morgan fingerprint density at radius 2 is 1.88 bits per heavy atom. The molecule has 3 rings (SSSR count). The number of pyridine rings is 1. The molecule has 0 bridgehead atoms. The fourth-order valence-electron chi connectivity index (χ4n) is 2.71. The molecule has 0 unspecified atom stereocenters. The Bertz CT molecular complexity index is 527. The van der Waals surface area contributed by atoms with E-state index in [4.69, 9.17) is 0 Å². The van der Waals surface area contributed by atoms with E-state index in [2.05, 4.69) is 35.0 Å². The highest BCUT2D eigenvalue weighted by molar-refractivity contribution is 5.86. The summed E-state index contributed by atoms with van der Waals surface area (Å²) in [6.45, 7) is 4.61. The van der Waals surface area contributed by atoms with Gasteiger partial charge in [0.2, 0.25) is 0 Å². The summed E-state index contributed by atoms with van der Waals surface area (Å²) in [6.07, 6.45) is 7.85. The van der Waals surface area contributed by atoms with Crippen molar-refractivity contribution in [3.63, 3.8) is 0 Å². The quantitative estimate of drug-likeness (QED) is 0.739. The van der Waals surface area contributed by atoms with Crippen LogP contribution in [0.3, 0.4) is 0 Å². The maximum Gasteiger partial charge on any atom is 0.0402 e. The smallest absolute Gasteiger partial charge is 0.0402 e. The highest BCUT2D eigenvalue weighted by atomic mass is 15.1. The van der Waals surface area contributed by atoms with Crippen LogP contribution in [0.4, 0.5) is 5.69 Å². The van der Waals surface area contributed by atoms with Gasteiger partial charge in [0.25, 0.3) is 0 Å². The first-order valence-electron chi connectivity index (χ1n) is 6.44. The molecule has 2 heterocycles. The summed E-state index contributed by atoms with van der Waals surface area (Å²) in [5, 5.41) is 2.54. The van der Waals surface area contributed by atoms with E-state index in [1.807, 2.05) is 12.4 Å². The molecule has 1 aromatic carbocycles. The molecule has 17 heavy (non-hydrogen) atoms. The number of hydrogen-bond donors (Lipinski definition) is 0. The molecule has 0 saturated carbocycles. The second-order valence-corrected chi connectivity index (χ2v) is 4.91. The molecular weight excluding hydrogens is 208 g/mol. The number of aromatic nitrogens is 1. The first-order chi connectivity index (χ1) is 8.34. The first-order valence-corrected chi connectivity index (χ1v) is 6.44. The maximum absolute atomic E-state index is 4.21. The van der Waals surface area contributed by atoms with E-state index in [1.54, 1.807) is 0 Å². The van der Waals surface area contributed by atoms with Crippen LogP contribution in [0.5, 0.6) is 0 Å². The van der Waals surface area contributed by atoms with E-state index < -0.39 is 0 Å². The van der Waals surface area contributed by atoms with Gasteiger partial charge in [0.1, 0.15) is 0 Å².